The first-order valence-electron chi connectivity index (χ1n) is 6.38. The molecule has 2 N–H and O–H groups in total. The average Bonchev–Trinajstić information content (AvgIpc) is 2.38. The molecule has 0 aliphatic heterocycles. The van der Waals surface area contributed by atoms with Crippen LogP contribution in [-0.2, 0) is 0 Å². The molecule has 6 nitrogen and oxygen atoms in total. The summed E-state index contributed by atoms with van der Waals surface area (Å²) in [6, 6.07) is 1.85. The fourth-order valence-electron chi connectivity index (χ4n) is 1.85. The molecule has 0 spiro atoms. The van der Waals surface area contributed by atoms with Gasteiger partial charge in [0.2, 0.25) is 0 Å². The van der Waals surface area contributed by atoms with Gasteiger partial charge in [0.15, 0.2) is 0 Å². The number of halogens is 1. The lowest BCUT2D eigenvalue weighted by atomic mass is 10.1. The summed E-state index contributed by atoms with van der Waals surface area (Å²) in [7, 11) is 1.52. The van der Waals surface area contributed by atoms with E-state index in [0.717, 1.165) is 31.4 Å². The summed E-state index contributed by atoms with van der Waals surface area (Å²) >= 11 is 0. The Morgan fingerprint density at radius 1 is 1.45 bits per heavy atom. The van der Waals surface area contributed by atoms with Crippen LogP contribution in [-0.4, -0.2) is 29.3 Å². The molecule has 0 radical (unpaired) electrons. The van der Waals surface area contributed by atoms with Crippen molar-refractivity contribution in [3.05, 3.63) is 33.6 Å². The molecule has 0 saturated heterocycles. The van der Waals surface area contributed by atoms with Crippen molar-refractivity contribution in [1.82, 2.24) is 4.90 Å². The minimum atomic E-state index is -0.847. The number of anilines is 1. The van der Waals surface area contributed by atoms with E-state index in [9.17, 15) is 19.3 Å². The third-order valence-electron chi connectivity index (χ3n) is 3.03. The predicted molar refractivity (Wildman–Crippen MR) is 74.0 cm³/mol. The largest absolute Gasteiger partial charge is 0.392 e. The molecule has 0 fully saturated rings. The minimum absolute atomic E-state index is 0.428. The molecule has 20 heavy (non-hydrogen) atoms. The van der Waals surface area contributed by atoms with Gasteiger partial charge in [-0.1, -0.05) is 19.8 Å². The Morgan fingerprint density at radius 3 is 2.65 bits per heavy atom. The van der Waals surface area contributed by atoms with Gasteiger partial charge in [-0.3, -0.25) is 14.9 Å². The van der Waals surface area contributed by atoms with Gasteiger partial charge in [0.1, 0.15) is 17.1 Å². The molecule has 1 amide bonds. The first-order chi connectivity index (χ1) is 9.40. The van der Waals surface area contributed by atoms with Crippen LogP contribution in [0, 0.1) is 15.9 Å². The van der Waals surface area contributed by atoms with E-state index >= 15 is 0 Å². The summed E-state index contributed by atoms with van der Waals surface area (Å²) in [6.45, 7) is 2.48. The zero-order valence-corrected chi connectivity index (χ0v) is 11.6. The molecule has 0 unspecified atom stereocenters. The normalized spacial score (nSPS) is 10.3. The Bertz CT molecular complexity index is 520. The summed E-state index contributed by atoms with van der Waals surface area (Å²) in [5, 5.41) is 10.8. The first-order valence-corrected chi connectivity index (χ1v) is 6.38. The van der Waals surface area contributed by atoms with Crippen LogP contribution in [0.15, 0.2) is 12.1 Å². The number of amides is 1. The molecule has 1 aromatic rings. The van der Waals surface area contributed by atoms with E-state index < -0.39 is 33.6 Å². The highest BCUT2D eigenvalue weighted by atomic mass is 19.1. The molecule has 7 heteroatoms. The van der Waals surface area contributed by atoms with Gasteiger partial charge >= 0.3 is 0 Å². The monoisotopic (exact) mass is 283 g/mol. The van der Waals surface area contributed by atoms with Crippen molar-refractivity contribution in [1.29, 1.82) is 0 Å². The van der Waals surface area contributed by atoms with Crippen LogP contribution in [0.25, 0.3) is 0 Å². The Balaban J connectivity index is 3.03. The van der Waals surface area contributed by atoms with Gasteiger partial charge in [-0.15, -0.1) is 0 Å². The standard InChI is InChI=1S/C13H18FN3O3/c1-3-4-5-8-16(2)13(18)11-9(14)6-7-10(12(11)15)17(19)20/h6-7H,3-5,8,15H2,1-2H3. The van der Waals surface area contributed by atoms with Crippen LogP contribution < -0.4 is 5.73 Å². The van der Waals surface area contributed by atoms with Crippen LogP contribution in [0.5, 0.6) is 0 Å². The van der Waals surface area contributed by atoms with Crippen LogP contribution in [0.2, 0.25) is 0 Å². The highest BCUT2D eigenvalue weighted by Gasteiger charge is 2.25. The second-order valence-electron chi connectivity index (χ2n) is 4.55. The molecule has 1 aromatic carbocycles. The van der Waals surface area contributed by atoms with Gasteiger partial charge in [-0.2, -0.15) is 0 Å². The van der Waals surface area contributed by atoms with Crippen LogP contribution in [0.1, 0.15) is 36.5 Å². The van der Waals surface area contributed by atoms with Crippen molar-refractivity contribution >= 4 is 17.3 Å². The first kappa shape index (κ1) is 15.9. The van der Waals surface area contributed by atoms with Crippen molar-refractivity contribution in [2.24, 2.45) is 0 Å². The Morgan fingerprint density at radius 2 is 2.10 bits per heavy atom. The Hall–Kier alpha value is -2.18. The van der Waals surface area contributed by atoms with Gasteiger partial charge in [0.25, 0.3) is 11.6 Å². The number of nitrogen functional groups attached to an aromatic ring is 1. The van der Waals surface area contributed by atoms with E-state index in [1.54, 1.807) is 0 Å². The molecule has 0 saturated carbocycles. The second kappa shape index (κ2) is 6.83. The summed E-state index contributed by atoms with van der Waals surface area (Å²) in [6.07, 6.45) is 2.73. The fourth-order valence-corrected chi connectivity index (χ4v) is 1.85. The zero-order valence-electron chi connectivity index (χ0n) is 11.6. The van der Waals surface area contributed by atoms with Crippen LogP contribution >= 0.6 is 0 Å². The van der Waals surface area contributed by atoms with E-state index in [2.05, 4.69) is 0 Å². The maximum atomic E-state index is 13.7. The lowest BCUT2D eigenvalue weighted by molar-refractivity contribution is -0.384. The Labute approximate surface area is 116 Å². The summed E-state index contributed by atoms with van der Waals surface area (Å²) in [5.41, 5.74) is 4.23. The molecule has 0 atom stereocenters. The van der Waals surface area contributed by atoms with Crippen molar-refractivity contribution in [2.75, 3.05) is 19.3 Å². The number of nitro groups is 1. The average molecular weight is 283 g/mol. The number of nitro benzene ring substituents is 1. The number of hydrogen-bond acceptors (Lipinski definition) is 4. The van der Waals surface area contributed by atoms with E-state index in [0.29, 0.717) is 6.54 Å². The number of benzene rings is 1. The fraction of sp³-hybridized carbons (Fsp3) is 0.462. The SMILES string of the molecule is CCCCCN(C)C(=O)c1c(F)ccc([N+](=O)[O-])c1N. The summed E-state index contributed by atoms with van der Waals surface area (Å²) < 4.78 is 13.7. The smallest absolute Gasteiger partial charge is 0.293 e. The van der Waals surface area contributed by atoms with Gasteiger partial charge in [-0.05, 0) is 12.5 Å². The maximum Gasteiger partial charge on any atom is 0.293 e. The number of carbonyl (C=O) groups excluding carboxylic acids is 1. The lowest BCUT2D eigenvalue weighted by Gasteiger charge is -2.18. The number of rotatable bonds is 6. The highest BCUT2D eigenvalue weighted by Crippen LogP contribution is 2.28. The number of nitrogens with two attached hydrogens (primary N) is 1. The van der Waals surface area contributed by atoms with E-state index in [1.165, 1.54) is 11.9 Å². The third-order valence-corrected chi connectivity index (χ3v) is 3.03. The van der Waals surface area contributed by atoms with Crippen LogP contribution in [0.3, 0.4) is 0 Å². The van der Waals surface area contributed by atoms with E-state index in [-0.39, 0.29) is 0 Å². The maximum absolute atomic E-state index is 13.7. The molecule has 1 rings (SSSR count). The van der Waals surface area contributed by atoms with E-state index in [1.807, 2.05) is 6.92 Å². The third kappa shape index (κ3) is 3.43. The summed E-state index contributed by atoms with van der Waals surface area (Å²) in [4.78, 5) is 23.5. The molecule has 0 aliphatic rings. The Kier molecular flexibility index (Phi) is 5.42. The summed E-state index contributed by atoms with van der Waals surface area (Å²) in [5.74, 6) is -1.49. The minimum Gasteiger partial charge on any atom is -0.392 e. The molecular weight excluding hydrogens is 265 g/mol. The van der Waals surface area contributed by atoms with Crippen molar-refractivity contribution in [3.63, 3.8) is 0 Å². The van der Waals surface area contributed by atoms with Gasteiger partial charge in [-0.25, -0.2) is 4.39 Å². The number of unbranched alkanes of at least 4 members (excludes halogenated alkanes) is 2. The van der Waals surface area contributed by atoms with Gasteiger partial charge in [0.05, 0.1) is 4.92 Å². The molecule has 0 bridgehead atoms. The zero-order chi connectivity index (χ0) is 15.3. The molecule has 0 aliphatic carbocycles. The molecule has 0 aromatic heterocycles. The van der Waals surface area contributed by atoms with E-state index in [4.69, 9.17) is 5.73 Å². The second-order valence-corrected chi connectivity index (χ2v) is 4.55. The number of carbonyl (C=O) groups is 1. The topological polar surface area (TPSA) is 89.5 Å². The number of hydrogen-bond donors (Lipinski definition) is 1. The quantitative estimate of drug-likeness (QED) is 0.376. The van der Waals surface area contributed by atoms with Gasteiger partial charge < -0.3 is 10.6 Å². The predicted octanol–water partition coefficient (Wildman–Crippen LogP) is 2.58. The highest BCUT2D eigenvalue weighted by molar-refractivity contribution is 6.01. The van der Waals surface area contributed by atoms with Crippen LogP contribution in [0.4, 0.5) is 15.8 Å². The lowest BCUT2D eigenvalue weighted by Crippen LogP contribution is -2.29. The van der Waals surface area contributed by atoms with Gasteiger partial charge in [0, 0.05) is 19.7 Å². The van der Waals surface area contributed by atoms with Crippen molar-refractivity contribution in [2.45, 2.75) is 26.2 Å². The molecule has 0 heterocycles. The number of nitrogens with zero attached hydrogens (tertiary/aromatic N) is 2. The van der Waals surface area contributed by atoms with Crippen molar-refractivity contribution in [3.8, 4) is 0 Å². The van der Waals surface area contributed by atoms with Crippen molar-refractivity contribution < 1.29 is 14.1 Å². The molecule has 110 valence electrons. The molecular formula is C13H18FN3O3.